The number of nitrogen functional groups attached to an aromatic ring is 1. The molecule has 0 bridgehead atoms. The van der Waals surface area contributed by atoms with Crippen LogP contribution in [-0.4, -0.2) is 17.5 Å². The quantitative estimate of drug-likeness (QED) is 0.873. The van der Waals surface area contributed by atoms with Crippen LogP contribution in [0.15, 0.2) is 16.6 Å². The highest BCUT2D eigenvalue weighted by Gasteiger charge is 2.19. The number of halogens is 1. The lowest BCUT2D eigenvalue weighted by molar-refractivity contribution is 0.0954. The summed E-state index contributed by atoms with van der Waals surface area (Å²) in [6.07, 6.45) is 0.903. The minimum Gasteiger partial charge on any atom is -0.493 e. The Morgan fingerprint density at radius 2 is 2.38 bits per heavy atom. The molecule has 0 fully saturated rings. The molecule has 0 atom stereocenters. The molecule has 3 N–H and O–H groups in total. The summed E-state index contributed by atoms with van der Waals surface area (Å²) in [6.45, 7) is 2.89. The lowest BCUT2D eigenvalue weighted by Crippen LogP contribution is -2.22. The fraction of sp³-hybridized carbons (Fsp3) is 0.286. The van der Waals surface area contributed by atoms with Crippen molar-refractivity contribution >= 4 is 38.3 Å². The van der Waals surface area contributed by atoms with Gasteiger partial charge in [0.2, 0.25) is 0 Å². The van der Waals surface area contributed by atoms with Crippen LogP contribution < -0.4 is 15.8 Å². The molecule has 1 aliphatic rings. The van der Waals surface area contributed by atoms with Crippen LogP contribution in [0.1, 0.15) is 26.5 Å². The van der Waals surface area contributed by atoms with Crippen LogP contribution in [0.2, 0.25) is 0 Å². The summed E-state index contributed by atoms with van der Waals surface area (Å²) in [5, 5.41) is 3.31. The van der Waals surface area contributed by atoms with Gasteiger partial charge in [0.25, 0.3) is 5.91 Å². The molecule has 0 spiro atoms. The van der Waals surface area contributed by atoms with Crippen molar-refractivity contribution in [2.75, 3.05) is 12.3 Å². The predicted octanol–water partition coefficient (Wildman–Crippen LogP) is 2.66. The lowest BCUT2D eigenvalue weighted by atomic mass is 10.1. The number of nitrogens with one attached hydrogen (secondary N) is 1. The highest BCUT2D eigenvalue weighted by atomic mass is 79.9. The third kappa shape index (κ3) is 2.89. The van der Waals surface area contributed by atoms with E-state index in [2.05, 4.69) is 32.3 Å². The smallest absolute Gasteiger partial charge is 0.263 e. The first-order chi connectivity index (χ1) is 10.0. The maximum Gasteiger partial charge on any atom is 0.263 e. The number of fused-ring (bicyclic) bond motifs is 1. The summed E-state index contributed by atoms with van der Waals surface area (Å²) in [5.41, 5.74) is 8.42. The predicted molar refractivity (Wildman–Crippen MR) is 85.8 cm³/mol. The van der Waals surface area contributed by atoms with Gasteiger partial charge in [-0.1, -0.05) is 27.3 Å². The van der Waals surface area contributed by atoms with E-state index < -0.39 is 0 Å². The zero-order chi connectivity index (χ0) is 15.0. The number of benzene rings is 1. The minimum absolute atomic E-state index is 0.159. The Hall–Kier alpha value is -1.60. The van der Waals surface area contributed by atoms with Gasteiger partial charge in [-0.2, -0.15) is 0 Å². The average Bonchev–Trinajstić information content (AvgIpc) is 3.01. The van der Waals surface area contributed by atoms with Crippen molar-refractivity contribution in [1.29, 1.82) is 0 Å². The third-order valence-electron chi connectivity index (χ3n) is 3.28. The van der Waals surface area contributed by atoms with Gasteiger partial charge in [-0.15, -0.1) is 0 Å². The summed E-state index contributed by atoms with van der Waals surface area (Å²) in [5.74, 6) is 0.729. The number of rotatable bonds is 3. The molecule has 7 heteroatoms. The maximum atomic E-state index is 12.2. The standard InChI is InChI=1S/C14H14BrN3O2S/c1-7-12(21-14(16)18-7)13(19)17-6-9-5-10(15)4-8-2-3-20-11(8)9/h4-5H,2-3,6H2,1H3,(H2,16,18)(H,17,19). The van der Waals surface area contributed by atoms with Crippen LogP contribution in [-0.2, 0) is 13.0 Å². The van der Waals surface area contributed by atoms with E-state index in [9.17, 15) is 4.79 Å². The van der Waals surface area contributed by atoms with Gasteiger partial charge in [-0.3, -0.25) is 4.79 Å². The molecule has 1 aliphatic heterocycles. The van der Waals surface area contributed by atoms with Crippen LogP contribution in [0.25, 0.3) is 0 Å². The van der Waals surface area contributed by atoms with Crippen molar-refractivity contribution < 1.29 is 9.53 Å². The number of nitrogens with zero attached hydrogens (tertiary/aromatic N) is 1. The highest BCUT2D eigenvalue weighted by Crippen LogP contribution is 2.33. The second-order valence-corrected chi connectivity index (χ2v) is 6.75. The van der Waals surface area contributed by atoms with Crippen molar-refractivity contribution in [1.82, 2.24) is 10.3 Å². The van der Waals surface area contributed by atoms with Crippen molar-refractivity contribution in [2.24, 2.45) is 0 Å². The van der Waals surface area contributed by atoms with Crippen molar-refractivity contribution in [2.45, 2.75) is 19.9 Å². The van der Waals surface area contributed by atoms with E-state index in [1.54, 1.807) is 6.92 Å². The average molecular weight is 368 g/mol. The largest absolute Gasteiger partial charge is 0.493 e. The first-order valence-corrected chi connectivity index (χ1v) is 8.10. The SMILES string of the molecule is Cc1nc(N)sc1C(=O)NCc1cc(Br)cc2c1OCC2. The van der Waals surface area contributed by atoms with Gasteiger partial charge in [0, 0.05) is 23.0 Å². The number of hydrogen-bond donors (Lipinski definition) is 2. The van der Waals surface area contributed by atoms with E-state index in [1.807, 2.05) is 6.07 Å². The fourth-order valence-electron chi connectivity index (χ4n) is 2.36. The zero-order valence-electron chi connectivity index (χ0n) is 11.4. The van der Waals surface area contributed by atoms with Crippen LogP contribution in [0.5, 0.6) is 5.75 Å². The number of carbonyl (C=O) groups excluding carboxylic acids is 1. The molecule has 0 saturated carbocycles. The molecule has 110 valence electrons. The molecule has 5 nitrogen and oxygen atoms in total. The molecule has 2 aromatic rings. The van der Waals surface area contributed by atoms with Gasteiger partial charge in [0.15, 0.2) is 5.13 Å². The van der Waals surface area contributed by atoms with Gasteiger partial charge in [-0.25, -0.2) is 4.98 Å². The van der Waals surface area contributed by atoms with Gasteiger partial charge in [-0.05, 0) is 24.6 Å². The summed E-state index contributed by atoms with van der Waals surface area (Å²) in [7, 11) is 0. The van der Waals surface area contributed by atoms with E-state index in [0.29, 0.717) is 28.9 Å². The number of nitrogens with two attached hydrogens (primary N) is 1. The maximum absolute atomic E-state index is 12.2. The number of anilines is 1. The molecule has 0 radical (unpaired) electrons. The molecule has 0 saturated heterocycles. The summed E-state index contributed by atoms with van der Waals surface area (Å²) >= 11 is 4.69. The number of aromatic nitrogens is 1. The summed E-state index contributed by atoms with van der Waals surface area (Å²) < 4.78 is 6.64. The highest BCUT2D eigenvalue weighted by molar-refractivity contribution is 9.10. The van der Waals surface area contributed by atoms with E-state index in [4.69, 9.17) is 10.5 Å². The number of hydrogen-bond acceptors (Lipinski definition) is 5. The number of ether oxygens (including phenoxy) is 1. The van der Waals surface area contributed by atoms with Crippen LogP contribution >= 0.6 is 27.3 Å². The Balaban J connectivity index is 1.77. The van der Waals surface area contributed by atoms with E-state index in [-0.39, 0.29) is 5.91 Å². The number of carbonyl (C=O) groups is 1. The Morgan fingerprint density at radius 1 is 1.57 bits per heavy atom. The van der Waals surface area contributed by atoms with E-state index in [1.165, 1.54) is 16.9 Å². The zero-order valence-corrected chi connectivity index (χ0v) is 13.8. The molecule has 0 aliphatic carbocycles. The number of aryl methyl sites for hydroxylation is 1. The summed E-state index contributed by atoms with van der Waals surface area (Å²) in [6, 6.07) is 4.03. The Kier molecular flexibility index (Phi) is 3.86. The molecule has 1 aromatic carbocycles. The Labute approximate surface area is 134 Å². The van der Waals surface area contributed by atoms with Crippen molar-refractivity contribution in [3.8, 4) is 5.75 Å². The topological polar surface area (TPSA) is 77.2 Å². The normalized spacial score (nSPS) is 12.9. The Morgan fingerprint density at radius 3 is 3.10 bits per heavy atom. The van der Waals surface area contributed by atoms with Gasteiger partial charge < -0.3 is 15.8 Å². The summed E-state index contributed by atoms with van der Waals surface area (Å²) in [4.78, 5) is 16.8. The number of amides is 1. The lowest BCUT2D eigenvalue weighted by Gasteiger charge is -2.10. The van der Waals surface area contributed by atoms with Crippen LogP contribution in [0, 0.1) is 6.92 Å². The van der Waals surface area contributed by atoms with Crippen LogP contribution in [0.3, 0.4) is 0 Å². The molecule has 1 aromatic heterocycles. The van der Waals surface area contributed by atoms with E-state index >= 15 is 0 Å². The van der Waals surface area contributed by atoms with Gasteiger partial charge >= 0.3 is 0 Å². The minimum atomic E-state index is -0.159. The fourth-order valence-corrected chi connectivity index (χ4v) is 3.66. The second-order valence-electron chi connectivity index (χ2n) is 4.80. The van der Waals surface area contributed by atoms with E-state index in [0.717, 1.165) is 22.2 Å². The van der Waals surface area contributed by atoms with Crippen LogP contribution in [0.4, 0.5) is 5.13 Å². The second kappa shape index (κ2) is 5.65. The molecule has 0 unspecified atom stereocenters. The Bertz CT molecular complexity index is 714. The molecular weight excluding hydrogens is 354 g/mol. The number of thiazole rings is 1. The first kappa shape index (κ1) is 14.3. The van der Waals surface area contributed by atoms with Crippen molar-refractivity contribution in [3.63, 3.8) is 0 Å². The first-order valence-electron chi connectivity index (χ1n) is 6.50. The monoisotopic (exact) mass is 367 g/mol. The molecule has 21 heavy (non-hydrogen) atoms. The van der Waals surface area contributed by atoms with Crippen molar-refractivity contribution in [3.05, 3.63) is 38.3 Å². The van der Waals surface area contributed by atoms with Gasteiger partial charge in [0.1, 0.15) is 10.6 Å². The molecular formula is C14H14BrN3O2S. The molecule has 2 heterocycles. The molecule has 1 amide bonds. The molecule has 3 rings (SSSR count). The van der Waals surface area contributed by atoms with Gasteiger partial charge in [0.05, 0.1) is 12.3 Å². The third-order valence-corrected chi connectivity index (χ3v) is 4.73.